The van der Waals surface area contributed by atoms with Crippen molar-refractivity contribution in [1.29, 1.82) is 0 Å². The van der Waals surface area contributed by atoms with Crippen molar-refractivity contribution in [2.24, 2.45) is 0 Å². The number of ether oxygens (including phenoxy) is 6. The van der Waals surface area contributed by atoms with E-state index in [2.05, 4.69) is 5.32 Å². The Morgan fingerprint density at radius 2 is 1.39 bits per heavy atom. The smallest absolute Gasteiger partial charge is 0.311 e. The van der Waals surface area contributed by atoms with Gasteiger partial charge in [0, 0.05) is 11.8 Å². The number of methoxy groups -OCH3 is 5. The molecule has 1 atom stereocenters. The van der Waals surface area contributed by atoms with Gasteiger partial charge in [0.05, 0.1) is 42.0 Å². The number of carbonyl (C=O) groups is 2. The van der Waals surface area contributed by atoms with E-state index in [9.17, 15) is 9.59 Å². The number of esters is 1. The molecule has 0 spiro atoms. The minimum atomic E-state index is -1.01. The molecule has 1 N–H and O–H groups in total. The summed E-state index contributed by atoms with van der Waals surface area (Å²) >= 11 is 0. The Morgan fingerprint density at radius 1 is 0.806 bits per heavy atom. The summed E-state index contributed by atoms with van der Waals surface area (Å²) in [6, 6.07) is 8.23. The lowest BCUT2D eigenvalue weighted by atomic mass is 10.1. The van der Waals surface area contributed by atoms with Gasteiger partial charge in [0.1, 0.15) is 0 Å². The maximum Gasteiger partial charge on any atom is 0.311 e. The second-order valence-corrected chi connectivity index (χ2v) is 6.40. The number of nitrogens with one attached hydrogen (secondary N) is 1. The standard InChI is InChI=1S/C22H27NO8/c1-13(22(25)23-15-7-8-16(26-2)17(12-15)27-3)31-20(24)11-14-9-18(28-4)21(30-6)19(10-14)29-5/h7-10,12-13H,11H2,1-6H3,(H,23,25). The topological polar surface area (TPSA) is 102 Å². The van der Waals surface area contributed by atoms with Crippen molar-refractivity contribution < 1.29 is 38.0 Å². The lowest BCUT2D eigenvalue weighted by Crippen LogP contribution is -2.30. The Balaban J connectivity index is 2.03. The number of anilines is 1. The predicted octanol–water partition coefficient (Wildman–Crippen LogP) is 2.84. The molecule has 0 aliphatic heterocycles. The van der Waals surface area contributed by atoms with Crippen LogP contribution < -0.4 is 29.0 Å². The first-order chi connectivity index (χ1) is 14.9. The van der Waals surface area contributed by atoms with Gasteiger partial charge in [-0.1, -0.05) is 0 Å². The van der Waals surface area contributed by atoms with Crippen LogP contribution >= 0.6 is 0 Å². The van der Waals surface area contributed by atoms with Gasteiger partial charge < -0.3 is 33.7 Å². The Bertz CT molecular complexity index is 903. The summed E-state index contributed by atoms with van der Waals surface area (Å²) in [7, 11) is 7.48. The molecule has 0 aliphatic rings. The summed E-state index contributed by atoms with van der Waals surface area (Å²) in [5.41, 5.74) is 1.07. The van der Waals surface area contributed by atoms with Crippen LogP contribution in [0.3, 0.4) is 0 Å². The number of hydrogen-bond acceptors (Lipinski definition) is 8. The van der Waals surface area contributed by atoms with Crippen molar-refractivity contribution in [3.8, 4) is 28.7 Å². The van der Waals surface area contributed by atoms with E-state index in [1.165, 1.54) is 42.5 Å². The molecule has 9 nitrogen and oxygen atoms in total. The van der Waals surface area contributed by atoms with E-state index in [1.807, 2.05) is 0 Å². The molecule has 0 aromatic heterocycles. The molecule has 168 valence electrons. The average molecular weight is 433 g/mol. The van der Waals surface area contributed by atoms with Gasteiger partial charge in [-0.25, -0.2) is 0 Å². The molecular formula is C22H27NO8. The van der Waals surface area contributed by atoms with E-state index in [1.54, 1.807) is 30.3 Å². The van der Waals surface area contributed by atoms with Crippen molar-refractivity contribution >= 4 is 17.6 Å². The average Bonchev–Trinajstić information content (AvgIpc) is 2.77. The monoisotopic (exact) mass is 433 g/mol. The predicted molar refractivity (Wildman–Crippen MR) is 114 cm³/mol. The summed E-state index contributed by atoms with van der Waals surface area (Å²) < 4.78 is 31.5. The van der Waals surface area contributed by atoms with Crippen LogP contribution in [0.15, 0.2) is 30.3 Å². The lowest BCUT2D eigenvalue weighted by molar-refractivity contribution is -0.152. The fourth-order valence-corrected chi connectivity index (χ4v) is 2.85. The largest absolute Gasteiger partial charge is 0.493 e. The molecule has 0 saturated carbocycles. The van der Waals surface area contributed by atoms with Gasteiger partial charge in [0.2, 0.25) is 5.75 Å². The second-order valence-electron chi connectivity index (χ2n) is 6.40. The van der Waals surface area contributed by atoms with Crippen LogP contribution in [-0.4, -0.2) is 53.5 Å². The van der Waals surface area contributed by atoms with Crippen LogP contribution in [0, 0.1) is 0 Å². The first kappa shape index (κ1) is 23.7. The highest BCUT2D eigenvalue weighted by Gasteiger charge is 2.20. The third-order valence-corrected chi connectivity index (χ3v) is 4.40. The van der Waals surface area contributed by atoms with Gasteiger partial charge in [-0.05, 0) is 36.8 Å². The van der Waals surface area contributed by atoms with Gasteiger partial charge >= 0.3 is 5.97 Å². The first-order valence-electron chi connectivity index (χ1n) is 9.38. The zero-order chi connectivity index (χ0) is 23.0. The summed E-state index contributed by atoms with van der Waals surface area (Å²) in [5.74, 6) is 1.20. The Kier molecular flexibility index (Phi) is 8.36. The van der Waals surface area contributed by atoms with E-state index >= 15 is 0 Å². The van der Waals surface area contributed by atoms with E-state index < -0.39 is 18.0 Å². The molecule has 1 amide bonds. The van der Waals surface area contributed by atoms with Gasteiger partial charge in [0.15, 0.2) is 29.1 Å². The van der Waals surface area contributed by atoms with Gasteiger partial charge in [0.25, 0.3) is 5.91 Å². The molecule has 31 heavy (non-hydrogen) atoms. The van der Waals surface area contributed by atoms with Crippen molar-refractivity contribution in [1.82, 2.24) is 0 Å². The van der Waals surface area contributed by atoms with Crippen molar-refractivity contribution in [2.45, 2.75) is 19.4 Å². The van der Waals surface area contributed by atoms with Crippen molar-refractivity contribution in [3.63, 3.8) is 0 Å². The molecule has 2 rings (SSSR count). The first-order valence-corrected chi connectivity index (χ1v) is 9.38. The minimum Gasteiger partial charge on any atom is -0.493 e. The van der Waals surface area contributed by atoms with Crippen molar-refractivity contribution in [3.05, 3.63) is 35.9 Å². The number of hydrogen-bond donors (Lipinski definition) is 1. The van der Waals surface area contributed by atoms with Crippen molar-refractivity contribution in [2.75, 3.05) is 40.9 Å². The maximum absolute atomic E-state index is 12.4. The van der Waals surface area contributed by atoms with Gasteiger partial charge in [-0.15, -0.1) is 0 Å². The normalized spacial score (nSPS) is 11.2. The van der Waals surface area contributed by atoms with Crippen LogP contribution in [0.2, 0.25) is 0 Å². The summed E-state index contributed by atoms with van der Waals surface area (Å²) in [6.45, 7) is 1.49. The zero-order valence-corrected chi connectivity index (χ0v) is 18.4. The Hall–Kier alpha value is -3.62. The number of rotatable bonds is 10. The third-order valence-electron chi connectivity index (χ3n) is 4.40. The quantitative estimate of drug-likeness (QED) is 0.571. The highest BCUT2D eigenvalue weighted by molar-refractivity contribution is 5.95. The van der Waals surface area contributed by atoms with E-state index in [0.29, 0.717) is 40.0 Å². The van der Waals surface area contributed by atoms with Crippen LogP contribution in [0.5, 0.6) is 28.7 Å². The SMILES string of the molecule is COc1ccc(NC(=O)C(C)OC(=O)Cc2cc(OC)c(OC)c(OC)c2)cc1OC. The van der Waals surface area contributed by atoms with Gasteiger partial charge in [-0.3, -0.25) is 9.59 Å². The fraction of sp³-hybridized carbons (Fsp3) is 0.364. The molecule has 9 heteroatoms. The number of amides is 1. The number of carbonyl (C=O) groups excluding carboxylic acids is 2. The molecular weight excluding hydrogens is 406 g/mol. The van der Waals surface area contributed by atoms with E-state index in [-0.39, 0.29) is 6.42 Å². The fourth-order valence-electron chi connectivity index (χ4n) is 2.85. The molecule has 0 fully saturated rings. The summed E-state index contributed by atoms with van der Waals surface area (Å²) in [4.78, 5) is 24.8. The highest BCUT2D eigenvalue weighted by Crippen LogP contribution is 2.38. The summed E-state index contributed by atoms with van der Waals surface area (Å²) in [6.07, 6.45) is -1.09. The van der Waals surface area contributed by atoms with E-state index in [4.69, 9.17) is 28.4 Å². The second kappa shape index (κ2) is 11.0. The molecule has 0 bridgehead atoms. The molecule has 0 aliphatic carbocycles. The molecule has 2 aromatic carbocycles. The van der Waals surface area contributed by atoms with Crippen LogP contribution in [0.1, 0.15) is 12.5 Å². The third kappa shape index (κ3) is 5.94. The zero-order valence-electron chi connectivity index (χ0n) is 18.4. The molecule has 0 heterocycles. The van der Waals surface area contributed by atoms with Gasteiger partial charge in [-0.2, -0.15) is 0 Å². The van der Waals surface area contributed by atoms with Crippen LogP contribution in [0.25, 0.3) is 0 Å². The molecule has 1 unspecified atom stereocenters. The minimum absolute atomic E-state index is 0.0787. The summed E-state index contributed by atoms with van der Waals surface area (Å²) in [5, 5.41) is 2.68. The molecule has 2 aromatic rings. The Morgan fingerprint density at radius 3 is 1.90 bits per heavy atom. The molecule has 0 radical (unpaired) electrons. The van der Waals surface area contributed by atoms with Crippen LogP contribution in [0.4, 0.5) is 5.69 Å². The molecule has 0 saturated heterocycles. The maximum atomic E-state index is 12.4. The lowest BCUT2D eigenvalue weighted by Gasteiger charge is -2.16. The number of benzene rings is 2. The Labute approximate surface area is 181 Å². The van der Waals surface area contributed by atoms with E-state index in [0.717, 1.165) is 0 Å². The highest BCUT2D eigenvalue weighted by atomic mass is 16.5. The van der Waals surface area contributed by atoms with Crippen LogP contribution in [-0.2, 0) is 20.7 Å².